The van der Waals surface area contributed by atoms with E-state index in [1.807, 2.05) is 60.4 Å². The standard InChI is InChI=1S/C26H26N4O4/c1-3-33-20-9-7-18(8-10-20)21-16-24(28-17-27-21)29-11-13-30(14-12-29)26(31)23-15-19-5-4-6-22(32-2)25(19)34-23/h4-10,15-17H,3,11-14H2,1-2H3. The molecule has 2 aromatic heterocycles. The third-order valence-electron chi connectivity index (χ3n) is 5.94. The molecule has 0 atom stereocenters. The normalized spacial score (nSPS) is 13.8. The molecule has 1 fully saturated rings. The predicted octanol–water partition coefficient (Wildman–Crippen LogP) is 4.26. The van der Waals surface area contributed by atoms with E-state index < -0.39 is 0 Å². The molecule has 8 heteroatoms. The molecule has 34 heavy (non-hydrogen) atoms. The van der Waals surface area contributed by atoms with Crippen LogP contribution in [0.3, 0.4) is 0 Å². The average Bonchev–Trinajstić information content (AvgIpc) is 3.34. The minimum absolute atomic E-state index is 0.115. The Bertz CT molecular complexity index is 1290. The predicted molar refractivity (Wildman–Crippen MR) is 130 cm³/mol. The van der Waals surface area contributed by atoms with Gasteiger partial charge in [0.2, 0.25) is 0 Å². The van der Waals surface area contributed by atoms with Crippen LogP contribution in [-0.4, -0.2) is 60.7 Å². The van der Waals surface area contributed by atoms with E-state index in [1.165, 1.54) is 0 Å². The van der Waals surface area contributed by atoms with Crippen LogP contribution < -0.4 is 14.4 Å². The highest BCUT2D eigenvalue weighted by Gasteiger charge is 2.26. The van der Waals surface area contributed by atoms with Crippen molar-refractivity contribution in [1.82, 2.24) is 14.9 Å². The van der Waals surface area contributed by atoms with Crippen molar-refractivity contribution in [2.75, 3.05) is 44.8 Å². The number of hydrogen-bond acceptors (Lipinski definition) is 7. The van der Waals surface area contributed by atoms with Crippen molar-refractivity contribution in [3.63, 3.8) is 0 Å². The molecular weight excluding hydrogens is 432 g/mol. The van der Waals surface area contributed by atoms with Gasteiger partial charge in [-0.05, 0) is 43.3 Å². The van der Waals surface area contributed by atoms with Gasteiger partial charge < -0.3 is 23.7 Å². The second-order valence-electron chi connectivity index (χ2n) is 7.99. The van der Waals surface area contributed by atoms with Gasteiger partial charge in [0.1, 0.15) is 17.9 Å². The van der Waals surface area contributed by atoms with E-state index in [4.69, 9.17) is 13.9 Å². The molecule has 0 radical (unpaired) electrons. The number of carbonyl (C=O) groups is 1. The lowest BCUT2D eigenvalue weighted by atomic mass is 10.1. The van der Waals surface area contributed by atoms with Gasteiger partial charge in [-0.2, -0.15) is 0 Å². The van der Waals surface area contributed by atoms with Gasteiger partial charge >= 0.3 is 0 Å². The summed E-state index contributed by atoms with van der Waals surface area (Å²) in [4.78, 5) is 25.9. The molecular formula is C26H26N4O4. The number of piperazine rings is 1. The zero-order valence-electron chi connectivity index (χ0n) is 19.2. The van der Waals surface area contributed by atoms with E-state index in [0.717, 1.165) is 28.2 Å². The monoisotopic (exact) mass is 458 g/mol. The number of rotatable bonds is 6. The highest BCUT2D eigenvalue weighted by atomic mass is 16.5. The van der Waals surface area contributed by atoms with Gasteiger partial charge in [0.15, 0.2) is 17.1 Å². The minimum atomic E-state index is -0.115. The number of methoxy groups -OCH3 is 1. The maximum absolute atomic E-state index is 13.1. The topological polar surface area (TPSA) is 80.9 Å². The molecule has 1 amide bonds. The van der Waals surface area contributed by atoms with Gasteiger partial charge in [-0.3, -0.25) is 4.79 Å². The van der Waals surface area contributed by atoms with Crippen molar-refractivity contribution < 1.29 is 18.7 Å². The van der Waals surface area contributed by atoms with Gasteiger partial charge in [-0.15, -0.1) is 0 Å². The van der Waals surface area contributed by atoms with Gasteiger partial charge in [0, 0.05) is 43.2 Å². The number of amides is 1. The second-order valence-corrected chi connectivity index (χ2v) is 7.99. The van der Waals surface area contributed by atoms with Gasteiger partial charge in [0.05, 0.1) is 19.4 Å². The number of carbonyl (C=O) groups excluding carboxylic acids is 1. The number of aromatic nitrogens is 2. The Kier molecular flexibility index (Phi) is 6.03. The van der Waals surface area contributed by atoms with Crippen LogP contribution in [0.15, 0.2) is 65.3 Å². The quantitative estimate of drug-likeness (QED) is 0.427. The summed E-state index contributed by atoms with van der Waals surface area (Å²) < 4.78 is 16.7. The average molecular weight is 459 g/mol. The fraction of sp³-hybridized carbons (Fsp3) is 0.269. The molecule has 1 aliphatic heterocycles. The Balaban J connectivity index is 1.26. The van der Waals surface area contributed by atoms with Gasteiger partial charge in [-0.1, -0.05) is 12.1 Å². The molecule has 4 aromatic rings. The molecule has 8 nitrogen and oxygen atoms in total. The summed E-state index contributed by atoms with van der Waals surface area (Å²) in [6.07, 6.45) is 1.58. The van der Waals surface area contributed by atoms with Crippen molar-refractivity contribution in [1.29, 1.82) is 0 Å². The molecule has 0 N–H and O–H groups in total. The lowest BCUT2D eigenvalue weighted by Gasteiger charge is -2.35. The largest absolute Gasteiger partial charge is 0.494 e. The lowest BCUT2D eigenvalue weighted by Crippen LogP contribution is -2.49. The summed E-state index contributed by atoms with van der Waals surface area (Å²) in [6.45, 7) is 5.11. The Hall–Kier alpha value is -4.07. The van der Waals surface area contributed by atoms with Crippen LogP contribution >= 0.6 is 0 Å². The van der Waals surface area contributed by atoms with Crippen LogP contribution in [0.2, 0.25) is 0 Å². The van der Waals surface area contributed by atoms with Gasteiger partial charge in [0.25, 0.3) is 5.91 Å². The van der Waals surface area contributed by atoms with E-state index in [1.54, 1.807) is 19.5 Å². The molecule has 174 valence electrons. The maximum Gasteiger partial charge on any atom is 0.289 e. The minimum Gasteiger partial charge on any atom is -0.494 e. The van der Waals surface area contributed by atoms with E-state index in [2.05, 4.69) is 14.9 Å². The first-order valence-corrected chi connectivity index (χ1v) is 11.3. The van der Waals surface area contributed by atoms with E-state index >= 15 is 0 Å². The van der Waals surface area contributed by atoms with Crippen LogP contribution in [0.4, 0.5) is 5.82 Å². The number of hydrogen-bond donors (Lipinski definition) is 0. The Morgan fingerprint density at radius 2 is 1.82 bits per heavy atom. The first-order valence-electron chi connectivity index (χ1n) is 11.3. The van der Waals surface area contributed by atoms with Gasteiger partial charge in [-0.25, -0.2) is 9.97 Å². The van der Waals surface area contributed by atoms with E-state index in [9.17, 15) is 4.79 Å². The molecule has 2 aromatic carbocycles. The molecule has 5 rings (SSSR count). The maximum atomic E-state index is 13.1. The number of furan rings is 1. The van der Waals surface area contributed by atoms with Crippen LogP contribution in [0.25, 0.3) is 22.2 Å². The molecule has 1 aliphatic rings. The van der Waals surface area contributed by atoms with Crippen LogP contribution in [0.5, 0.6) is 11.5 Å². The summed E-state index contributed by atoms with van der Waals surface area (Å²) in [7, 11) is 1.59. The van der Waals surface area contributed by atoms with Crippen molar-refractivity contribution in [3.05, 3.63) is 66.7 Å². The zero-order valence-corrected chi connectivity index (χ0v) is 19.2. The van der Waals surface area contributed by atoms with E-state index in [-0.39, 0.29) is 5.91 Å². The van der Waals surface area contributed by atoms with Crippen molar-refractivity contribution in [3.8, 4) is 22.8 Å². The van der Waals surface area contributed by atoms with Crippen molar-refractivity contribution in [2.24, 2.45) is 0 Å². The molecule has 0 spiro atoms. The SMILES string of the molecule is CCOc1ccc(-c2cc(N3CCN(C(=O)c4cc5cccc(OC)c5o4)CC3)ncn2)cc1. The number of nitrogens with zero attached hydrogens (tertiary/aromatic N) is 4. The fourth-order valence-electron chi connectivity index (χ4n) is 4.16. The summed E-state index contributed by atoms with van der Waals surface area (Å²) in [5.41, 5.74) is 2.44. The highest BCUT2D eigenvalue weighted by Crippen LogP contribution is 2.29. The second kappa shape index (κ2) is 9.43. The number of ether oxygens (including phenoxy) is 2. The number of benzene rings is 2. The first-order chi connectivity index (χ1) is 16.7. The molecule has 0 saturated carbocycles. The van der Waals surface area contributed by atoms with Crippen LogP contribution in [0.1, 0.15) is 17.5 Å². The summed E-state index contributed by atoms with van der Waals surface area (Å²) >= 11 is 0. The number of anilines is 1. The van der Waals surface area contributed by atoms with Crippen LogP contribution in [-0.2, 0) is 0 Å². The number of para-hydroxylation sites is 1. The lowest BCUT2D eigenvalue weighted by molar-refractivity contribution is 0.0716. The zero-order chi connectivity index (χ0) is 23.5. The smallest absolute Gasteiger partial charge is 0.289 e. The third kappa shape index (κ3) is 4.26. The Labute approximate surface area is 197 Å². The fourth-order valence-corrected chi connectivity index (χ4v) is 4.16. The molecule has 1 saturated heterocycles. The first kappa shape index (κ1) is 21.8. The van der Waals surface area contributed by atoms with Crippen molar-refractivity contribution in [2.45, 2.75) is 6.92 Å². The van der Waals surface area contributed by atoms with E-state index in [0.29, 0.717) is 49.9 Å². The Morgan fingerprint density at radius 1 is 1.03 bits per heavy atom. The third-order valence-corrected chi connectivity index (χ3v) is 5.94. The highest BCUT2D eigenvalue weighted by molar-refractivity contribution is 5.97. The Morgan fingerprint density at radius 3 is 2.56 bits per heavy atom. The summed E-state index contributed by atoms with van der Waals surface area (Å²) in [6, 6.07) is 17.3. The van der Waals surface area contributed by atoms with Crippen molar-refractivity contribution >= 4 is 22.7 Å². The molecule has 0 bridgehead atoms. The summed E-state index contributed by atoms with van der Waals surface area (Å²) in [5, 5.41) is 0.851. The van der Waals surface area contributed by atoms with Crippen LogP contribution in [0, 0.1) is 0 Å². The molecule has 0 unspecified atom stereocenters. The molecule has 0 aliphatic carbocycles. The molecule has 3 heterocycles. The number of fused-ring (bicyclic) bond motifs is 1. The summed E-state index contributed by atoms with van der Waals surface area (Å²) in [5.74, 6) is 2.51.